The molecule has 100 valence electrons. The van der Waals surface area contributed by atoms with E-state index < -0.39 is 0 Å². The van der Waals surface area contributed by atoms with Crippen molar-refractivity contribution >= 4 is 17.2 Å². The van der Waals surface area contributed by atoms with Gasteiger partial charge in [-0.25, -0.2) is 0 Å². The van der Waals surface area contributed by atoms with E-state index in [1.54, 1.807) is 0 Å². The van der Waals surface area contributed by atoms with Crippen molar-refractivity contribution in [3.05, 3.63) is 60.2 Å². The maximum atomic E-state index is 12.1. The van der Waals surface area contributed by atoms with Crippen LogP contribution in [-0.4, -0.2) is 18.0 Å². The Labute approximate surface area is 118 Å². The van der Waals surface area contributed by atoms with Crippen LogP contribution in [0, 0.1) is 5.92 Å². The van der Waals surface area contributed by atoms with Gasteiger partial charge in [0.2, 0.25) is 0 Å². The third-order valence-electron chi connectivity index (χ3n) is 4.26. The van der Waals surface area contributed by atoms with Crippen LogP contribution in [0.3, 0.4) is 0 Å². The second-order valence-electron chi connectivity index (χ2n) is 5.55. The molecule has 3 unspecified atom stereocenters. The van der Waals surface area contributed by atoms with E-state index in [9.17, 15) is 4.79 Å². The van der Waals surface area contributed by atoms with Gasteiger partial charge >= 0.3 is 0 Å². The fourth-order valence-corrected chi connectivity index (χ4v) is 3.29. The molecule has 2 N–H and O–H groups in total. The molecule has 3 nitrogen and oxygen atoms in total. The molecule has 1 aromatic carbocycles. The number of anilines is 1. The molecule has 2 aliphatic heterocycles. The smallest absolute Gasteiger partial charge is 0.256 e. The van der Waals surface area contributed by atoms with E-state index >= 15 is 0 Å². The van der Waals surface area contributed by atoms with Crippen LogP contribution in [0.4, 0.5) is 5.69 Å². The molecule has 20 heavy (non-hydrogen) atoms. The molecule has 0 saturated carbocycles. The Kier molecular flexibility index (Phi) is 2.60. The number of carbonyl (C=O) groups excluding carboxylic acids is 1. The maximum Gasteiger partial charge on any atom is 0.256 e. The molecule has 1 aromatic rings. The average Bonchev–Trinajstić information content (AvgIpc) is 3.00. The molecule has 2 heterocycles. The van der Waals surface area contributed by atoms with Crippen LogP contribution in [0.2, 0.25) is 0 Å². The SMILES string of the molecule is O=C1Nc2ccccc2C1=CC1CC2C=CC=CC2N1. The quantitative estimate of drug-likeness (QED) is 0.765. The van der Waals surface area contributed by atoms with Gasteiger partial charge in [-0.05, 0) is 18.4 Å². The van der Waals surface area contributed by atoms with E-state index in [1.165, 1.54) is 0 Å². The van der Waals surface area contributed by atoms with Crippen LogP contribution in [0.5, 0.6) is 0 Å². The largest absolute Gasteiger partial charge is 0.321 e. The highest BCUT2D eigenvalue weighted by Crippen LogP contribution is 2.33. The maximum absolute atomic E-state index is 12.1. The summed E-state index contributed by atoms with van der Waals surface area (Å²) in [7, 11) is 0. The second-order valence-corrected chi connectivity index (χ2v) is 5.55. The highest BCUT2D eigenvalue weighted by atomic mass is 16.2. The predicted octanol–water partition coefficient (Wildman–Crippen LogP) is 2.49. The van der Waals surface area contributed by atoms with E-state index in [4.69, 9.17) is 0 Å². The summed E-state index contributed by atoms with van der Waals surface area (Å²) in [6.07, 6.45) is 11.8. The third-order valence-corrected chi connectivity index (χ3v) is 4.26. The summed E-state index contributed by atoms with van der Waals surface area (Å²) in [5.74, 6) is 0.551. The van der Waals surface area contributed by atoms with E-state index in [-0.39, 0.29) is 11.9 Å². The molecule has 1 aliphatic carbocycles. The molecule has 0 radical (unpaired) electrons. The molecule has 3 aliphatic rings. The summed E-state index contributed by atoms with van der Waals surface area (Å²) in [5, 5.41) is 6.50. The Hall–Kier alpha value is -2.13. The van der Waals surface area contributed by atoms with E-state index in [1.807, 2.05) is 24.3 Å². The summed E-state index contributed by atoms with van der Waals surface area (Å²) < 4.78 is 0. The molecule has 0 spiro atoms. The van der Waals surface area contributed by atoms with Crippen molar-refractivity contribution in [3.8, 4) is 0 Å². The minimum atomic E-state index is 0.00829. The standard InChI is InChI=1S/C17H16N2O/c20-17-14(13-6-2-4-8-16(13)19-17)10-12-9-11-5-1-3-7-15(11)18-12/h1-8,10-12,15,18H,9H2,(H,19,20). The normalized spacial score (nSPS) is 32.3. The van der Waals surface area contributed by atoms with Crippen molar-refractivity contribution in [1.82, 2.24) is 5.32 Å². The van der Waals surface area contributed by atoms with Crippen LogP contribution < -0.4 is 10.6 Å². The summed E-state index contributed by atoms with van der Waals surface area (Å²) >= 11 is 0. The van der Waals surface area contributed by atoms with Gasteiger partial charge in [0.25, 0.3) is 5.91 Å². The molecule has 0 bridgehead atoms. The molecule has 1 amide bonds. The van der Waals surface area contributed by atoms with Gasteiger partial charge in [0.05, 0.1) is 0 Å². The van der Waals surface area contributed by atoms with E-state index in [2.05, 4.69) is 41.0 Å². The van der Waals surface area contributed by atoms with Crippen LogP contribution in [0.1, 0.15) is 12.0 Å². The molecule has 4 rings (SSSR count). The molecule has 0 aromatic heterocycles. The Bertz CT molecular complexity index is 637. The lowest BCUT2D eigenvalue weighted by molar-refractivity contribution is -0.110. The van der Waals surface area contributed by atoms with Crippen LogP contribution >= 0.6 is 0 Å². The van der Waals surface area contributed by atoms with Gasteiger partial charge in [-0.1, -0.05) is 48.6 Å². The number of allylic oxidation sites excluding steroid dienone is 2. The van der Waals surface area contributed by atoms with Gasteiger partial charge in [0.1, 0.15) is 0 Å². The highest BCUT2D eigenvalue weighted by Gasteiger charge is 2.32. The summed E-state index contributed by atoms with van der Waals surface area (Å²) in [4.78, 5) is 12.1. The van der Waals surface area contributed by atoms with Crippen molar-refractivity contribution in [1.29, 1.82) is 0 Å². The van der Waals surface area contributed by atoms with Gasteiger partial charge in [0, 0.05) is 28.9 Å². The minimum Gasteiger partial charge on any atom is -0.321 e. The topological polar surface area (TPSA) is 41.1 Å². The molecular formula is C17H16N2O. The minimum absolute atomic E-state index is 0.00829. The zero-order valence-electron chi connectivity index (χ0n) is 11.0. The first kappa shape index (κ1) is 11.7. The van der Waals surface area contributed by atoms with Gasteiger partial charge in [-0.15, -0.1) is 0 Å². The first-order valence-electron chi connectivity index (χ1n) is 7.05. The number of para-hydroxylation sites is 1. The lowest BCUT2D eigenvalue weighted by Crippen LogP contribution is -2.29. The zero-order chi connectivity index (χ0) is 13.5. The number of carbonyl (C=O) groups is 1. The van der Waals surface area contributed by atoms with Crippen LogP contribution in [0.15, 0.2) is 54.6 Å². The number of hydrogen-bond acceptors (Lipinski definition) is 2. The van der Waals surface area contributed by atoms with Gasteiger partial charge < -0.3 is 10.6 Å². The Morgan fingerprint density at radius 1 is 1.15 bits per heavy atom. The van der Waals surface area contributed by atoms with Crippen molar-refractivity contribution in [2.24, 2.45) is 5.92 Å². The monoisotopic (exact) mass is 264 g/mol. The molecule has 1 fully saturated rings. The second kappa shape index (κ2) is 4.46. The van der Waals surface area contributed by atoms with Crippen LogP contribution in [-0.2, 0) is 4.79 Å². The fraction of sp³-hybridized carbons (Fsp3) is 0.235. The highest BCUT2D eigenvalue weighted by molar-refractivity contribution is 6.31. The number of fused-ring (bicyclic) bond motifs is 2. The first-order chi connectivity index (χ1) is 9.81. The van der Waals surface area contributed by atoms with Crippen LogP contribution in [0.25, 0.3) is 5.57 Å². The first-order valence-corrected chi connectivity index (χ1v) is 7.05. The summed E-state index contributed by atoms with van der Waals surface area (Å²) in [6.45, 7) is 0. The number of nitrogens with one attached hydrogen (secondary N) is 2. The van der Waals surface area contributed by atoms with Gasteiger partial charge in [-0.3, -0.25) is 4.79 Å². The number of rotatable bonds is 1. The van der Waals surface area contributed by atoms with Gasteiger partial charge in [-0.2, -0.15) is 0 Å². The van der Waals surface area contributed by atoms with Gasteiger partial charge in [0.15, 0.2) is 0 Å². The third kappa shape index (κ3) is 1.82. The number of benzene rings is 1. The van der Waals surface area contributed by atoms with E-state index in [0.29, 0.717) is 12.0 Å². The van der Waals surface area contributed by atoms with Crippen molar-refractivity contribution < 1.29 is 4.79 Å². The average molecular weight is 264 g/mol. The zero-order valence-corrected chi connectivity index (χ0v) is 11.0. The Morgan fingerprint density at radius 2 is 2.00 bits per heavy atom. The predicted molar refractivity (Wildman–Crippen MR) is 80.1 cm³/mol. The Morgan fingerprint density at radius 3 is 2.90 bits per heavy atom. The molecular weight excluding hydrogens is 248 g/mol. The van der Waals surface area contributed by atoms with E-state index in [0.717, 1.165) is 23.2 Å². The lowest BCUT2D eigenvalue weighted by atomic mass is 9.94. The summed E-state index contributed by atoms with van der Waals surface area (Å²) in [6, 6.07) is 8.52. The van der Waals surface area contributed by atoms with Crippen molar-refractivity contribution in [3.63, 3.8) is 0 Å². The molecule has 1 saturated heterocycles. The van der Waals surface area contributed by atoms with Crippen molar-refractivity contribution in [2.45, 2.75) is 18.5 Å². The Balaban J connectivity index is 1.63. The molecule has 3 atom stereocenters. The number of hydrogen-bond donors (Lipinski definition) is 2. The fourth-order valence-electron chi connectivity index (χ4n) is 3.29. The molecule has 3 heteroatoms. The number of amides is 1. The van der Waals surface area contributed by atoms with Crippen molar-refractivity contribution in [2.75, 3.05) is 5.32 Å². The lowest BCUT2D eigenvalue weighted by Gasteiger charge is -2.13. The summed E-state index contributed by atoms with van der Waals surface area (Å²) in [5.41, 5.74) is 2.73.